The molecule has 144 valence electrons. The summed E-state index contributed by atoms with van der Waals surface area (Å²) in [6, 6.07) is 28.5. The van der Waals surface area contributed by atoms with Crippen LogP contribution >= 0.6 is 0 Å². The van der Waals surface area contributed by atoms with Crippen LogP contribution in [-0.4, -0.2) is 9.13 Å². The number of nitrogens with zero attached hydrogens (tertiary/aromatic N) is 2. The van der Waals surface area contributed by atoms with Crippen LogP contribution in [0.1, 0.15) is 36.5 Å². The molecule has 0 aliphatic carbocycles. The number of hydrogen-bond donors (Lipinski definition) is 0. The van der Waals surface area contributed by atoms with Crippen LogP contribution in [0.4, 0.5) is 0 Å². The summed E-state index contributed by atoms with van der Waals surface area (Å²) in [7, 11) is 0. The lowest BCUT2D eigenvalue weighted by Gasteiger charge is -2.17. The first-order valence-corrected chi connectivity index (χ1v) is 10.5. The maximum atomic E-state index is 2.37. The summed E-state index contributed by atoms with van der Waals surface area (Å²) >= 11 is 0. The van der Waals surface area contributed by atoms with Crippen molar-refractivity contribution in [2.75, 3.05) is 0 Å². The fraction of sp³-hybridized carbons (Fsp3) is 0.185. The molecule has 3 aromatic carbocycles. The number of fused-ring (bicyclic) bond motifs is 2. The predicted molar refractivity (Wildman–Crippen MR) is 123 cm³/mol. The van der Waals surface area contributed by atoms with E-state index in [9.17, 15) is 0 Å². The van der Waals surface area contributed by atoms with Crippen LogP contribution in [0, 0.1) is 0 Å². The molecule has 0 saturated heterocycles. The first-order valence-electron chi connectivity index (χ1n) is 10.5. The van der Waals surface area contributed by atoms with Crippen LogP contribution in [-0.2, 0) is 13.1 Å². The normalized spacial score (nSPS) is 11.7. The molecule has 5 rings (SSSR count). The maximum absolute atomic E-state index is 2.37. The van der Waals surface area contributed by atoms with E-state index >= 15 is 0 Å². The van der Waals surface area contributed by atoms with Crippen LogP contribution in [0.2, 0.25) is 0 Å². The van der Waals surface area contributed by atoms with E-state index in [1.807, 2.05) is 0 Å². The SMILES string of the molecule is CCn1cc(C(c2ccccc2)c2cn(CC)c3ccccc23)c2ccccc21. The Kier molecular flexibility index (Phi) is 4.48. The summed E-state index contributed by atoms with van der Waals surface area (Å²) < 4.78 is 4.75. The van der Waals surface area contributed by atoms with E-state index in [1.165, 1.54) is 38.5 Å². The fourth-order valence-electron chi connectivity index (χ4n) is 4.71. The Labute approximate surface area is 172 Å². The number of hydrogen-bond acceptors (Lipinski definition) is 0. The molecule has 2 heteroatoms. The van der Waals surface area contributed by atoms with Crippen molar-refractivity contribution in [1.82, 2.24) is 9.13 Å². The third-order valence-corrected chi connectivity index (χ3v) is 6.08. The molecule has 5 aromatic rings. The van der Waals surface area contributed by atoms with Gasteiger partial charge in [-0.1, -0.05) is 66.7 Å². The smallest absolute Gasteiger partial charge is 0.0483 e. The van der Waals surface area contributed by atoms with Gasteiger partial charge in [-0.15, -0.1) is 0 Å². The third kappa shape index (κ3) is 2.87. The van der Waals surface area contributed by atoms with Gasteiger partial charge in [-0.3, -0.25) is 0 Å². The molecule has 0 bridgehead atoms. The highest BCUT2D eigenvalue weighted by atomic mass is 15.0. The van der Waals surface area contributed by atoms with E-state index < -0.39 is 0 Å². The molecule has 29 heavy (non-hydrogen) atoms. The average molecular weight is 379 g/mol. The van der Waals surface area contributed by atoms with Gasteiger partial charge in [0, 0.05) is 53.2 Å². The molecule has 0 unspecified atom stereocenters. The highest BCUT2D eigenvalue weighted by molar-refractivity contribution is 5.89. The molecule has 2 aromatic heterocycles. The van der Waals surface area contributed by atoms with Gasteiger partial charge in [0.2, 0.25) is 0 Å². The third-order valence-electron chi connectivity index (χ3n) is 6.08. The summed E-state index contributed by atoms with van der Waals surface area (Å²) in [6.45, 7) is 6.38. The van der Waals surface area contributed by atoms with Crippen molar-refractivity contribution in [3.05, 3.63) is 108 Å². The molecule has 0 amide bonds. The summed E-state index contributed by atoms with van der Waals surface area (Å²) in [5.74, 6) is 0.201. The minimum Gasteiger partial charge on any atom is -0.347 e. The second-order valence-corrected chi connectivity index (χ2v) is 7.62. The van der Waals surface area contributed by atoms with E-state index in [1.54, 1.807) is 0 Å². The quantitative estimate of drug-likeness (QED) is 0.318. The Bertz CT molecular complexity index is 1190. The average Bonchev–Trinajstić information content (AvgIpc) is 3.34. The molecule has 0 N–H and O–H groups in total. The van der Waals surface area contributed by atoms with Crippen LogP contribution < -0.4 is 0 Å². The van der Waals surface area contributed by atoms with Gasteiger partial charge >= 0.3 is 0 Å². The van der Waals surface area contributed by atoms with Gasteiger partial charge in [0.05, 0.1) is 0 Å². The first-order chi connectivity index (χ1) is 14.3. The topological polar surface area (TPSA) is 9.86 Å². The second kappa shape index (κ2) is 7.29. The molecular formula is C27H26N2. The van der Waals surface area contributed by atoms with Crippen molar-refractivity contribution >= 4 is 21.8 Å². The van der Waals surface area contributed by atoms with Crippen LogP contribution in [0.15, 0.2) is 91.3 Å². The number of benzene rings is 3. The number of aryl methyl sites for hydroxylation is 2. The monoisotopic (exact) mass is 378 g/mol. The lowest BCUT2D eigenvalue weighted by atomic mass is 9.85. The minimum absolute atomic E-state index is 0.201. The van der Waals surface area contributed by atoms with Crippen molar-refractivity contribution in [1.29, 1.82) is 0 Å². The van der Waals surface area contributed by atoms with Crippen LogP contribution in [0.5, 0.6) is 0 Å². The molecule has 0 radical (unpaired) electrons. The zero-order chi connectivity index (χ0) is 19.8. The number of para-hydroxylation sites is 2. The predicted octanol–water partition coefficient (Wildman–Crippen LogP) is 6.82. The molecule has 0 spiro atoms. The van der Waals surface area contributed by atoms with Crippen LogP contribution in [0.3, 0.4) is 0 Å². The van der Waals surface area contributed by atoms with Crippen molar-refractivity contribution in [2.45, 2.75) is 32.9 Å². The number of aromatic nitrogens is 2. The van der Waals surface area contributed by atoms with Gasteiger partial charge < -0.3 is 9.13 Å². The summed E-state index contributed by atoms with van der Waals surface area (Å²) in [4.78, 5) is 0. The first kappa shape index (κ1) is 17.8. The zero-order valence-corrected chi connectivity index (χ0v) is 17.0. The van der Waals surface area contributed by atoms with Crippen molar-refractivity contribution in [3.63, 3.8) is 0 Å². The Morgan fingerprint density at radius 3 is 1.52 bits per heavy atom. The molecule has 0 fully saturated rings. The highest BCUT2D eigenvalue weighted by Gasteiger charge is 2.24. The largest absolute Gasteiger partial charge is 0.347 e. The molecule has 2 nitrogen and oxygen atoms in total. The molecule has 2 heterocycles. The van der Waals surface area contributed by atoms with E-state index in [2.05, 4.69) is 114 Å². The Balaban J connectivity index is 1.84. The van der Waals surface area contributed by atoms with Gasteiger partial charge in [0.15, 0.2) is 0 Å². The molecule has 0 atom stereocenters. The lowest BCUT2D eigenvalue weighted by Crippen LogP contribution is -2.03. The van der Waals surface area contributed by atoms with Gasteiger partial charge in [0.1, 0.15) is 0 Å². The summed E-state index contributed by atoms with van der Waals surface area (Å²) in [6.07, 6.45) is 4.72. The minimum atomic E-state index is 0.201. The van der Waals surface area contributed by atoms with E-state index in [0.29, 0.717) is 0 Å². The van der Waals surface area contributed by atoms with Crippen molar-refractivity contribution in [2.24, 2.45) is 0 Å². The fourth-order valence-corrected chi connectivity index (χ4v) is 4.71. The Morgan fingerprint density at radius 2 is 1.03 bits per heavy atom. The molecular weight excluding hydrogens is 352 g/mol. The van der Waals surface area contributed by atoms with E-state index in [4.69, 9.17) is 0 Å². The van der Waals surface area contributed by atoms with Crippen LogP contribution in [0.25, 0.3) is 21.8 Å². The zero-order valence-electron chi connectivity index (χ0n) is 17.0. The van der Waals surface area contributed by atoms with Gasteiger partial charge in [-0.05, 0) is 42.7 Å². The molecule has 0 aliphatic rings. The summed E-state index contributed by atoms with van der Waals surface area (Å²) in [5, 5.41) is 2.69. The van der Waals surface area contributed by atoms with Gasteiger partial charge in [0.25, 0.3) is 0 Å². The van der Waals surface area contributed by atoms with E-state index in [0.717, 1.165) is 13.1 Å². The van der Waals surface area contributed by atoms with Crippen molar-refractivity contribution < 1.29 is 0 Å². The van der Waals surface area contributed by atoms with Gasteiger partial charge in [-0.25, -0.2) is 0 Å². The second-order valence-electron chi connectivity index (χ2n) is 7.62. The maximum Gasteiger partial charge on any atom is 0.0483 e. The number of rotatable bonds is 5. The lowest BCUT2D eigenvalue weighted by molar-refractivity contribution is 0.782. The standard InChI is InChI=1S/C27H26N2/c1-3-28-18-23(21-14-8-10-16-25(21)28)27(20-12-6-5-7-13-20)24-19-29(4-2)26-17-11-9-15-22(24)26/h5-19,27H,3-4H2,1-2H3. The summed E-state index contributed by atoms with van der Waals surface area (Å²) in [5.41, 5.74) is 6.72. The molecule has 0 saturated carbocycles. The molecule has 0 aliphatic heterocycles. The highest BCUT2D eigenvalue weighted by Crippen LogP contribution is 2.40. The van der Waals surface area contributed by atoms with Crippen molar-refractivity contribution in [3.8, 4) is 0 Å². The Hall–Kier alpha value is -3.26. The Morgan fingerprint density at radius 1 is 0.586 bits per heavy atom. The van der Waals surface area contributed by atoms with E-state index in [-0.39, 0.29) is 5.92 Å². The van der Waals surface area contributed by atoms with Gasteiger partial charge in [-0.2, -0.15) is 0 Å².